The Morgan fingerprint density at radius 2 is 2.27 bits per heavy atom. The molecule has 5 heteroatoms. The van der Waals surface area contributed by atoms with Gasteiger partial charge in [-0.25, -0.2) is 4.79 Å². The third-order valence-corrected chi connectivity index (χ3v) is 2.98. The van der Waals surface area contributed by atoms with Crippen LogP contribution in [0.5, 0.6) is 0 Å². The van der Waals surface area contributed by atoms with Crippen LogP contribution in [0.1, 0.15) is 34.9 Å². The number of hydrogen-bond acceptors (Lipinski definition) is 3. The van der Waals surface area contributed by atoms with E-state index in [-0.39, 0.29) is 5.69 Å². The first-order chi connectivity index (χ1) is 7.16. The van der Waals surface area contributed by atoms with Crippen LogP contribution in [-0.2, 0) is 0 Å². The van der Waals surface area contributed by atoms with Gasteiger partial charge in [0.1, 0.15) is 0 Å². The Labute approximate surface area is 88.1 Å². The van der Waals surface area contributed by atoms with Crippen LogP contribution in [0.25, 0.3) is 0 Å². The number of piperidine rings is 1. The topological polar surface area (TPSA) is 69.2 Å². The normalized spacial score (nSPS) is 19.3. The summed E-state index contributed by atoms with van der Waals surface area (Å²) in [6.07, 6.45) is 2.13. The molecule has 15 heavy (non-hydrogen) atoms. The average Bonchev–Trinajstić information content (AvgIpc) is 2.68. The van der Waals surface area contributed by atoms with Gasteiger partial charge < -0.3 is 10.0 Å². The van der Waals surface area contributed by atoms with Crippen LogP contribution in [0.4, 0.5) is 0 Å². The Hall–Kier alpha value is -1.36. The first kappa shape index (κ1) is 10.2. The summed E-state index contributed by atoms with van der Waals surface area (Å²) in [6.45, 7) is 2.12. The summed E-state index contributed by atoms with van der Waals surface area (Å²) in [7, 11) is 2.10. The van der Waals surface area contributed by atoms with Gasteiger partial charge in [0.2, 0.25) is 0 Å². The van der Waals surface area contributed by atoms with Crippen LogP contribution in [0.3, 0.4) is 0 Å². The highest BCUT2D eigenvalue weighted by molar-refractivity contribution is 5.85. The van der Waals surface area contributed by atoms with Gasteiger partial charge in [0, 0.05) is 11.6 Å². The minimum absolute atomic E-state index is 0.115. The second-order valence-electron chi connectivity index (χ2n) is 4.09. The summed E-state index contributed by atoms with van der Waals surface area (Å²) in [5.41, 5.74) is 1.07. The molecule has 0 saturated carbocycles. The second kappa shape index (κ2) is 4.02. The zero-order valence-electron chi connectivity index (χ0n) is 8.73. The van der Waals surface area contributed by atoms with E-state index < -0.39 is 5.97 Å². The van der Waals surface area contributed by atoms with Crippen molar-refractivity contribution < 1.29 is 9.90 Å². The van der Waals surface area contributed by atoms with Crippen molar-refractivity contribution in [2.45, 2.75) is 18.8 Å². The summed E-state index contributed by atoms with van der Waals surface area (Å²) >= 11 is 0. The van der Waals surface area contributed by atoms with E-state index in [4.69, 9.17) is 5.11 Å². The first-order valence-corrected chi connectivity index (χ1v) is 5.14. The van der Waals surface area contributed by atoms with Crippen molar-refractivity contribution in [3.63, 3.8) is 0 Å². The Morgan fingerprint density at radius 1 is 1.60 bits per heavy atom. The van der Waals surface area contributed by atoms with Crippen molar-refractivity contribution in [3.05, 3.63) is 17.5 Å². The fourth-order valence-electron chi connectivity index (χ4n) is 1.97. The number of H-pyrrole nitrogens is 1. The smallest absolute Gasteiger partial charge is 0.356 e. The quantitative estimate of drug-likeness (QED) is 0.759. The van der Waals surface area contributed by atoms with Gasteiger partial charge in [-0.2, -0.15) is 5.10 Å². The van der Waals surface area contributed by atoms with Crippen molar-refractivity contribution in [1.82, 2.24) is 15.1 Å². The highest BCUT2D eigenvalue weighted by atomic mass is 16.4. The van der Waals surface area contributed by atoms with Crippen LogP contribution in [0.2, 0.25) is 0 Å². The summed E-state index contributed by atoms with van der Waals surface area (Å²) < 4.78 is 0. The maximum absolute atomic E-state index is 10.7. The number of rotatable bonds is 2. The summed E-state index contributed by atoms with van der Waals surface area (Å²) in [6, 6.07) is 1.65. The number of carboxylic acid groups (broad SMARTS) is 1. The molecule has 0 bridgehead atoms. The summed E-state index contributed by atoms with van der Waals surface area (Å²) in [4.78, 5) is 12.9. The Balaban J connectivity index is 2.06. The van der Waals surface area contributed by atoms with Gasteiger partial charge in [0.15, 0.2) is 5.69 Å². The Kier molecular flexibility index (Phi) is 2.73. The fourth-order valence-corrected chi connectivity index (χ4v) is 1.97. The maximum atomic E-state index is 10.7. The predicted octanol–water partition coefficient (Wildman–Crippen LogP) is 0.917. The summed E-state index contributed by atoms with van der Waals surface area (Å²) in [5, 5.41) is 15.3. The molecule has 1 fully saturated rings. The molecule has 0 amide bonds. The molecule has 2 heterocycles. The van der Waals surface area contributed by atoms with E-state index in [2.05, 4.69) is 22.1 Å². The SMILES string of the molecule is CN1CCC(c2cc(C(=O)O)n[nH]2)CC1. The van der Waals surface area contributed by atoms with Crippen molar-refractivity contribution in [2.75, 3.05) is 20.1 Å². The van der Waals surface area contributed by atoms with Gasteiger partial charge in [-0.05, 0) is 39.0 Å². The molecular formula is C10H15N3O2. The van der Waals surface area contributed by atoms with Gasteiger partial charge >= 0.3 is 5.97 Å². The van der Waals surface area contributed by atoms with Gasteiger partial charge in [0.05, 0.1) is 0 Å². The number of likely N-dealkylation sites (tertiary alicyclic amines) is 1. The van der Waals surface area contributed by atoms with Crippen LogP contribution in [0.15, 0.2) is 6.07 Å². The largest absolute Gasteiger partial charge is 0.476 e. The molecule has 2 rings (SSSR count). The number of carboxylic acids is 1. The zero-order chi connectivity index (χ0) is 10.8. The standard InChI is InChI=1S/C10H15N3O2/c1-13-4-2-7(3-5-13)8-6-9(10(14)15)12-11-8/h6-7H,2-5H2,1H3,(H,11,12)(H,14,15). The molecule has 0 aliphatic carbocycles. The predicted molar refractivity (Wildman–Crippen MR) is 55.0 cm³/mol. The van der Waals surface area contributed by atoms with Crippen molar-refractivity contribution in [2.24, 2.45) is 0 Å². The molecule has 0 spiro atoms. The molecule has 5 nitrogen and oxygen atoms in total. The molecule has 1 aromatic heterocycles. The number of nitrogens with one attached hydrogen (secondary N) is 1. The van der Waals surface area contributed by atoms with Crippen molar-refractivity contribution >= 4 is 5.97 Å². The van der Waals surface area contributed by atoms with Gasteiger partial charge in [0.25, 0.3) is 0 Å². The lowest BCUT2D eigenvalue weighted by molar-refractivity contribution is 0.0690. The van der Waals surface area contributed by atoms with E-state index in [1.165, 1.54) is 0 Å². The highest BCUT2D eigenvalue weighted by Crippen LogP contribution is 2.26. The third-order valence-electron chi connectivity index (χ3n) is 2.98. The van der Waals surface area contributed by atoms with E-state index in [0.717, 1.165) is 31.6 Å². The highest BCUT2D eigenvalue weighted by Gasteiger charge is 2.21. The Bertz CT molecular complexity index is 353. The zero-order valence-corrected chi connectivity index (χ0v) is 8.73. The summed E-state index contributed by atoms with van der Waals surface area (Å²) in [5.74, 6) is -0.535. The monoisotopic (exact) mass is 209 g/mol. The first-order valence-electron chi connectivity index (χ1n) is 5.14. The average molecular weight is 209 g/mol. The van der Waals surface area contributed by atoms with E-state index in [1.807, 2.05) is 0 Å². The molecule has 0 unspecified atom stereocenters. The van der Waals surface area contributed by atoms with E-state index >= 15 is 0 Å². The molecule has 0 radical (unpaired) electrons. The van der Waals surface area contributed by atoms with E-state index in [9.17, 15) is 4.79 Å². The van der Waals surface area contributed by atoms with Crippen molar-refractivity contribution in [3.8, 4) is 0 Å². The van der Waals surface area contributed by atoms with E-state index in [0.29, 0.717) is 5.92 Å². The molecule has 0 aromatic carbocycles. The number of hydrogen-bond donors (Lipinski definition) is 2. The molecule has 2 N–H and O–H groups in total. The third kappa shape index (κ3) is 2.18. The fraction of sp³-hybridized carbons (Fsp3) is 0.600. The number of nitrogens with zero attached hydrogens (tertiary/aromatic N) is 2. The lowest BCUT2D eigenvalue weighted by Crippen LogP contribution is -2.29. The van der Waals surface area contributed by atoms with Crippen LogP contribution in [0, 0.1) is 0 Å². The Morgan fingerprint density at radius 3 is 2.80 bits per heavy atom. The maximum Gasteiger partial charge on any atom is 0.356 e. The van der Waals surface area contributed by atoms with Crippen molar-refractivity contribution in [1.29, 1.82) is 0 Å². The number of carbonyl (C=O) groups is 1. The van der Waals surface area contributed by atoms with E-state index in [1.54, 1.807) is 6.07 Å². The van der Waals surface area contributed by atoms with Gasteiger partial charge in [-0.15, -0.1) is 0 Å². The molecule has 1 aliphatic heterocycles. The minimum atomic E-state index is -0.967. The lowest BCUT2D eigenvalue weighted by atomic mass is 9.94. The van der Waals surface area contributed by atoms with Crippen LogP contribution in [-0.4, -0.2) is 46.3 Å². The number of aromatic carboxylic acids is 1. The molecule has 82 valence electrons. The molecule has 0 atom stereocenters. The van der Waals surface area contributed by atoms with Gasteiger partial charge in [-0.3, -0.25) is 5.10 Å². The number of aromatic nitrogens is 2. The van der Waals surface area contributed by atoms with Gasteiger partial charge in [-0.1, -0.05) is 0 Å². The molecule has 1 aliphatic rings. The minimum Gasteiger partial charge on any atom is -0.476 e. The lowest BCUT2D eigenvalue weighted by Gasteiger charge is -2.27. The second-order valence-corrected chi connectivity index (χ2v) is 4.09. The molecule has 1 aromatic rings. The van der Waals surface area contributed by atoms with Crippen LogP contribution >= 0.6 is 0 Å². The molecule has 1 saturated heterocycles. The number of aromatic amines is 1. The molecular weight excluding hydrogens is 194 g/mol. The van der Waals surface area contributed by atoms with Crippen LogP contribution < -0.4 is 0 Å².